The molecule has 0 amide bonds. The molecule has 0 aliphatic rings. The molecule has 0 saturated heterocycles. The Morgan fingerprint density at radius 1 is 1.05 bits per heavy atom. The zero-order chi connectivity index (χ0) is 14.4. The predicted octanol–water partition coefficient (Wildman–Crippen LogP) is 3.98. The monoisotopic (exact) mass is 268 g/mol. The minimum atomic E-state index is 0.288. The predicted molar refractivity (Wildman–Crippen MR) is 84.9 cm³/mol. The molecule has 2 rings (SSSR count). The van der Waals surface area contributed by atoms with Crippen LogP contribution in [0.2, 0.25) is 0 Å². The van der Waals surface area contributed by atoms with Gasteiger partial charge in [0.2, 0.25) is 0 Å². The van der Waals surface area contributed by atoms with Crippen LogP contribution in [0.25, 0.3) is 0 Å². The van der Waals surface area contributed by atoms with Crippen molar-refractivity contribution in [1.82, 2.24) is 10.3 Å². The van der Waals surface area contributed by atoms with Crippen LogP contribution in [0.3, 0.4) is 0 Å². The minimum Gasteiger partial charge on any atom is -0.308 e. The van der Waals surface area contributed by atoms with Crippen LogP contribution in [0.5, 0.6) is 0 Å². The van der Waals surface area contributed by atoms with Gasteiger partial charge in [0, 0.05) is 6.20 Å². The van der Waals surface area contributed by atoms with E-state index in [9.17, 15) is 0 Å². The zero-order valence-corrected chi connectivity index (χ0v) is 12.7. The van der Waals surface area contributed by atoms with Gasteiger partial charge in [-0.25, -0.2) is 0 Å². The van der Waals surface area contributed by atoms with Gasteiger partial charge in [-0.2, -0.15) is 0 Å². The van der Waals surface area contributed by atoms with Gasteiger partial charge in [0.1, 0.15) is 0 Å². The fourth-order valence-corrected chi connectivity index (χ4v) is 2.56. The molecule has 1 unspecified atom stereocenters. The molecule has 0 bridgehead atoms. The van der Waals surface area contributed by atoms with Gasteiger partial charge in [-0.05, 0) is 62.1 Å². The fraction of sp³-hybridized carbons (Fsp3) is 0.389. The second-order valence-electron chi connectivity index (χ2n) is 5.34. The molecule has 2 nitrogen and oxygen atoms in total. The molecule has 0 saturated carbocycles. The summed E-state index contributed by atoms with van der Waals surface area (Å²) in [5, 5.41) is 3.63. The summed E-state index contributed by atoms with van der Waals surface area (Å²) in [6, 6.07) is 12.9. The topological polar surface area (TPSA) is 24.9 Å². The van der Waals surface area contributed by atoms with E-state index < -0.39 is 0 Å². The van der Waals surface area contributed by atoms with Gasteiger partial charge in [-0.1, -0.05) is 31.2 Å². The summed E-state index contributed by atoms with van der Waals surface area (Å²) in [5.74, 6) is 0. The number of pyridine rings is 1. The first-order valence-corrected chi connectivity index (χ1v) is 7.41. The summed E-state index contributed by atoms with van der Waals surface area (Å²) >= 11 is 0. The smallest absolute Gasteiger partial charge is 0.0576 e. The molecule has 0 aliphatic carbocycles. The molecule has 1 heterocycles. The first-order valence-electron chi connectivity index (χ1n) is 7.41. The van der Waals surface area contributed by atoms with Crippen molar-refractivity contribution in [2.45, 2.75) is 39.7 Å². The van der Waals surface area contributed by atoms with Crippen molar-refractivity contribution < 1.29 is 0 Å². The van der Waals surface area contributed by atoms with Crippen LogP contribution in [-0.2, 0) is 6.42 Å². The third-order valence-electron chi connectivity index (χ3n) is 3.74. The molecule has 1 aromatic carbocycles. The molecule has 2 aromatic rings. The molecule has 20 heavy (non-hydrogen) atoms. The van der Waals surface area contributed by atoms with Gasteiger partial charge in [0.15, 0.2) is 0 Å². The van der Waals surface area contributed by atoms with E-state index in [1.165, 1.54) is 16.7 Å². The van der Waals surface area contributed by atoms with Gasteiger partial charge >= 0.3 is 0 Å². The number of hydrogen-bond acceptors (Lipinski definition) is 2. The highest BCUT2D eigenvalue weighted by Crippen LogP contribution is 2.21. The standard InChI is InChI=1S/C18H24N2/c1-4-11-19-18(17-10-5-6-12-20-17)13-16-14(2)8-7-9-15(16)3/h5-10,12,18-19H,4,11,13H2,1-3H3. The average Bonchev–Trinajstić information content (AvgIpc) is 2.47. The van der Waals surface area contributed by atoms with Gasteiger partial charge < -0.3 is 5.32 Å². The van der Waals surface area contributed by atoms with E-state index in [1.807, 2.05) is 12.3 Å². The number of benzene rings is 1. The van der Waals surface area contributed by atoms with E-state index in [1.54, 1.807) is 0 Å². The van der Waals surface area contributed by atoms with Crippen molar-refractivity contribution in [3.8, 4) is 0 Å². The molecular weight excluding hydrogens is 244 g/mol. The summed E-state index contributed by atoms with van der Waals surface area (Å²) < 4.78 is 0. The SMILES string of the molecule is CCCNC(Cc1c(C)cccc1C)c1ccccn1. The Morgan fingerprint density at radius 2 is 1.80 bits per heavy atom. The highest BCUT2D eigenvalue weighted by molar-refractivity contribution is 5.34. The maximum absolute atomic E-state index is 4.52. The van der Waals surface area contributed by atoms with Crippen LogP contribution in [-0.4, -0.2) is 11.5 Å². The quantitative estimate of drug-likeness (QED) is 0.857. The normalized spacial score (nSPS) is 12.3. The molecule has 106 valence electrons. The van der Waals surface area contributed by atoms with Crippen LogP contribution in [0.15, 0.2) is 42.6 Å². The van der Waals surface area contributed by atoms with Crippen LogP contribution in [0, 0.1) is 13.8 Å². The summed E-state index contributed by atoms with van der Waals surface area (Å²) in [6.07, 6.45) is 4.01. The van der Waals surface area contributed by atoms with E-state index >= 15 is 0 Å². The van der Waals surface area contributed by atoms with Crippen LogP contribution in [0.1, 0.15) is 41.8 Å². The lowest BCUT2D eigenvalue weighted by Gasteiger charge is -2.20. The minimum absolute atomic E-state index is 0.288. The molecule has 1 aromatic heterocycles. The Kier molecular flexibility index (Phi) is 5.31. The van der Waals surface area contributed by atoms with E-state index in [0.717, 1.165) is 25.1 Å². The fourth-order valence-electron chi connectivity index (χ4n) is 2.56. The number of nitrogens with one attached hydrogen (secondary N) is 1. The lowest BCUT2D eigenvalue weighted by atomic mass is 9.95. The van der Waals surface area contributed by atoms with Crippen molar-refractivity contribution in [1.29, 1.82) is 0 Å². The highest BCUT2D eigenvalue weighted by Gasteiger charge is 2.14. The largest absolute Gasteiger partial charge is 0.308 e. The summed E-state index contributed by atoms with van der Waals surface area (Å²) in [5.41, 5.74) is 5.30. The first kappa shape index (κ1) is 14.7. The van der Waals surface area contributed by atoms with Crippen molar-refractivity contribution >= 4 is 0 Å². The highest BCUT2D eigenvalue weighted by atomic mass is 14.9. The molecule has 0 fully saturated rings. The first-order chi connectivity index (χ1) is 9.72. The van der Waals surface area contributed by atoms with Crippen molar-refractivity contribution in [3.63, 3.8) is 0 Å². The summed E-state index contributed by atoms with van der Waals surface area (Å²) in [6.45, 7) is 7.60. The maximum atomic E-state index is 4.52. The number of aromatic nitrogens is 1. The molecule has 1 N–H and O–H groups in total. The Labute approximate surface area is 122 Å². The molecule has 1 atom stereocenters. The Hall–Kier alpha value is -1.67. The van der Waals surface area contributed by atoms with Gasteiger partial charge in [0.25, 0.3) is 0 Å². The Morgan fingerprint density at radius 3 is 2.40 bits per heavy atom. The van der Waals surface area contributed by atoms with Gasteiger partial charge in [-0.3, -0.25) is 4.98 Å². The summed E-state index contributed by atoms with van der Waals surface area (Å²) in [4.78, 5) is 4.52. The second kappa shape index (κ2) is 7.20. The third-order valence-corrected chi connectivity index (χ3v) is 3.74. The lowest BCUT2D eigenvalue weighted by molar-refractivity contribution is 0.516. The molecule has 0 aliphatic heterocycles. The lowest BCUT2D eigenvalue weighted by Crippen LogP contribution is -2.25. The van der Waals surface area contributed by atoms with Crippen molar-refractivity contribution in [3.05, 3.63) is 65.0 Å². The zero-order valence-electron chi connectivity index (χ0n) is 12.7. The van der Waals surface area contributed by atoms with E-state index in [4.69, 9.17) is 0 Å². The number of rotatable bonds is 6. The van der Waals surface area contributed by atoms with Crippen LogP contribution >= 0.6 is 0 Å². The number of hydrogen-bond donors (Lipinski definition) is 1. The summed E-state index contributed by atoms with van der Waals surface area (Å²) in [7, 11) is 0. The number of nitrogens with zero attached hydrogens (tertiary/aromatic N) is 1. The molecule has 2 heteroatoms. The van der Waals surface area contributed by atoms with E-state index in [2.05, 4.69) is 61.4 Å². The van der Waals surface area contributed by atoms with Crippen molar-refractivity contribution in [2.24, 2.45) is 0 Å². The van der Waals surface area contributed by atoms with Gasteiger partial charge in [-0.15, -0.1) is 0 Å². The van der Waals surface area contributed by atoms with Crippen LogP contribution < -0.4 is 5.32 Å². The van der Waals surface area contributed by atoms with E-state index in [0.29, 0.717) is 0 Å². The van der Waals surface area contributed by atoms with Gasteiger partial charge in [0.05, 0.1) is 11.7 Å². The Bertz CT molecular complexity index is 514. The van der Waals surface area contributed by atoms with Crippen LogP contribution in [0.4, 0.5) is 0 Å². The molecule has 0 radical (unpaired) electrons. The molecular formula is C18H24N2. The third kappa shape index (κ3) is 3.67. The van der Waals surface area contributed by atoms with Crippen molar-refractivity contribution in [2.75, 3.05) is 6.54 Å². The average molecular weight is 268 g/mol. The number of aryl methyl sites for hydroxylation is 2. The van der Waals surface area contributed by atoms with E-state index in [-0.39, 0.29) is 6.04 Å². The molecule has 0 spiro atoms. The Balaban J connectivity index is 2.24. The second-order valence-corrected chi connectivity index (χ2v) is 5.34. The maximum Gasteiger partial charge on any atom is 0.0576 e.